The van der Waals surface area contributed by atoms with Crippen molar-refractivity contribution in [1.29, 1.82) is 0 Å². The molecule has 0 saturated heterocycles. The van der Waals surface area contributed by atoms with E-state index in [1.807, 2.05) is 18.4 Å². The van der Waals surface area contributed by atoms with E-state index >= 15 is 0 Å². The highest BCUT2D eigenvalue weighted by Crippen LogP contribution is 2.29. The summed E-state index contributed by atoms with van der Waals surface area (Å²) in [7, 11) is 0. The second kappa shape index (κ2) is 7.13. The zero-order valence-corrected chi connectivity index (χ0v) is 14.2. The number of rotatable bonds is 5. The number of hydrogen-bond donors (Lipinski definition) is 1. The summed E-state index contributed by atoms with van der Waals surface area (Å²) in [5.41, 5.74) is 3.59. The van der Waals surface area contributed by atoms with Gasteiger partial charge in [-0.3, -0.25) is 9.59 Å². The van der Waals surface area contributed by atoms with Gasteiger partial charge >= 0.3 is 4.87 Å². The number of amides is 1. The fraction of sp³-hybridized carbons (Fsp3) is 0.444. The maximum atomic E-state index is 12.2. The second-order valence-corrected chi connectivity index (χ2v) is 6.93. The molecule has 3 rings (SSSR count). The topological polar surface area (TPSA) is 51.1 Å². The molecule has 2 aromatic rings. The minimum Gasteiger partial charge on any atom is -0.349 e. The third kappa shape index (κ3) is 3.72. The van der Waals surface area contributed by atoms with Gasteiger partial charge < -0.3 is 9.88 Å². The van der Waals surface area contributed by atoms with Crippen LogP contribution in [-0.4, -0.2) is 10.5 Å². The summed E-state index contributed by atoms with van der Waals surface area (Å²) in [6.07, 6.45) is 4.37. The van der Waals surface area contributed by atoms with Crippen molar-refractivity contribution in [2.24, 2.45) is 0 Å². The van der Waals surface area contributed by atoms with Gasteiger partial charge in [0.25, 0.3) is 0 Å². The van der Waals surface area contributed by atoms with Crippen LogP contribution >= 0.6 is 11.3 Å². The van der Waals surface area contributed by atoms with Gasteiger partial charge in [0.2, 0.25) is 5.91 Å². The average molecular weight is 330 g/mol. The number of fused-ring (bicyclic) bond motifs is 1. The molecule has 0 radical (unpaired) electrons. The maximum Gasteiger partial charge on any atom is 0.307 e. The molecule has 1 aromatic carbocycles. The third-order valence-corrected chi connectivity index (χ3v) is 5.35. The molecule has 0 saturated carbocycles. The molecule has 122 valence electrons. The van der Waals surface area contributed by atoms with Gasteiger partial charge in [-0.25, -0.2) is 0 Å². The van der Waals surface area contributed by atoms with E-state index in [4.69, 9.17) is 0 Å². The highest BCUT2D eigenvalue weighted by molar-refractivity contribution is 7.07. The van der Waals surface area contributed by atoms with Crippen LogP contribution in [0.25, 0.3) is 0 Å². The van der Waals surface area contributed by atoms with Crippen LogP contribution in [-0.2, 0) is 17.8 Å². The van der Waals surface area contributed by atoms with E-state index in [0.717, 1.165) is 25.0 Å². The van der Waals surface area contributed by atoms with Crippen molar-refractivity contribution < 1.29 is 4.79 Å². The second-order valence-electron chi connectivity index (χ2n) is 6.11. The Bertz CT molecular complexity index is 747. The van der Waals surface area contributed by atoms with Crippen molar-refractivity contribution in [2.75, 3.05) is 0 Å². The molecule has 0 spiro atoms. The smallest absolute Gasteiger partial charge is 0.307 e. The average Bonchev–Trinajstić information content (AvgIpc) is 2.87. The Morgan fingerprint density at radius 1 is 1.39 bits per heavy atom. The van der Waals surface area contributed by atoms with Crippen LogP contribution in [0.1, 0.15) is 48.5 Å². The number of carbonyl (C=O) groups is 1. The minimum atomic E-state index is 0.0594. The third-order valence-electron chi connectivity index (χ3n) is 4.47. The number of aryl methyl sites for hydroxylation is 2. The first-order valence-corrected chi connectivity index (χ1v) is 9.05. The Morgan fingerprint density at radius 3 is 3.00 bits per heavy atom. The van der Waals surface area contributed by atoms with Crippen molar-refractivity contribution in [1.82, 2.24) is 9.88 Å². The molecule has 1 aliphatic rings. The number of hydrogen-bond acceptors (Lipinski definition) is 3. The molecule has 23 heavy (non-hydrogen) atoms. The summed E-state index contributed by atoms with van der Waals surface area (Å²) in [4.78, 5) is 23.9. The zero-order chi connectivity index (χ0) is 16.2. The Morgan fingerprint density at radius 2 is 2.22 bits per heavy atom. The summed E-state index contributed by atoms with van der Waals surface area (Å²) in [5.74, 6) is 0.0765. The highest BCUT2D eigenvalue weighted by Gasteiger charge is 2.21. The molecule has 0 aliphatic heterocycles. The first-order chi connectivity index (χ1) is 11.1. The molecule has 1 aromatic heterocycles. The quantitative estimate of drug-likeness (QED) is 0.915. The van der Waals surface area contributed by atoms with Crippen molar-refractivity contribution in [3.63, 3.8) is 0 Å². The lowest BCUT2D eigenvalue weighted by atomic mass is 9.87. The predicted molar refractivity (Wildman–Crippen MR) is 92.8 cm³/mol. The summed E-state index contributed by atoms with van der Waals surface area (Å²) in [6, 6.07) is 8.50. The Kier molecular flexibility index (Phi) is 4.96. The summed E-state index contributed by atoms with van der Waals surface area (Å²) in [5, 5.41) is 5.02. The van der Waals surface area contributed by atoms with Crippen LogP contribution in [0.4, 0.5) is 0 Å². The highest BCUT2D eigenvalue weighted by atomic mass is 32.1. The van der Waals surface area contributed by atoms with Gasteiger partial charge in [0.15, 0.2) is 0 Å². The number of carbonyl (C=O) groups excluding carboxylic acids is 1. The summed E-state index contributed by atoms with van der Waals surface area (Å²) < 4.78 is 1.74. The van der Waals surface area contributed by atoms with Gasteiger partial charge in [-0.1, -0.05) is 35.6 Å². The van der Waals surface area contributed by atoms with Crippen LogP contribution in [0.15, 0.2) is 34.4 Å². The van der Waals surface area contributed by atoms with Gasteiger partial charge in [0.1, 0.15) is 0 Å². The molecular weight excluding hydrogens is 308 g/mol. The normalized spacial score (nSPS) is 16.8. The molecule has 1 atom stereocenters. The molecule has 0 unspecified atom stereocenters. The van der Waals surface area contributed by atoms with Crippen LogP contribution in [0, 0.1) is 6.92 Å². The van der Waals surface area contributed by atoms with E-state index in [1.165, 1.54) is 22.5 Å². The maximum absolute atomic E-state index is 12.2. The van der Waals surface area contributed by atoms with Crippen LogP contribution in [0.2, 0.25) is 0 Å². The number of benzene rings is 1. The molecular formula is C18H22N2O2S. The van der Waals surface area contributed by atoms with Crippen LogP contribution in [0.3, 0.4) is 0 Å². The SMILES string of the molecule is Cc1csc(=O)n1CCCC(=O)N[C@H]1CCCc2ccccc21. The van der Waals surface area contributed by atoms with E-state index in [9.17, 15) is 9.59 Å². The van der Waals surface area contributed by atoms with Crippen LogP contribution < -0.4 is 10.2 Å². The van der Waals surface area contributed by atoms with Crippen molar-refractivity contribution in [3.8, 4) is 0 Å². The predicted octanol–water partition coefficient (Wildman–Crippen LogP) is 3.19. The van der Waals surface area contributed by atoms with Crippen molar-refractivity contribution in [2.45, 2.75) is 51.6 Å². The lowest BCUT2D eigenvalue weighted by molar-refractivity contribution is -0.122. The van der Waals surface area contributed by atoms with Crippen molar-refractivity contribution >= 4 is 17.2 Å². The summed E-state index contributed by atoms with van der Waals surface area (Å²) in [6.45, 7) is 2.54. The number of aromatic nitrogens is 1. The van der Waals surface area contributed by atoms with Gasteiger partial charge in [0.05, 0.1) is 6.04 Å². The number of nitrogens with zero attached hydrogens (tertiary/aromatic N) is 1. The lowest BCUT2D eigenvalue weighted by Gasteiger charge is -2.26. The van der Waals surface area contributed by atoms with E-state index < -0.39 is 0 Å². The molecule has 1 aliphatic carbocycles. The minimum absolute atomic E-state index is 0.0594. The Balaban J connectivity index is 1.53. The molecule has 1 heterocycles. The van der Waals surface area contributed by atoms with Gasteiger partial charge in [0, 0.05) is 24.0 Å². The van der Waals surface area contributed by atoms with Crippen LogP contribution in [0.5, 0.6) is 0 Å². The van der Waals surface area contributed by atoms with E-state index in [0.29, 0.717) is 19.4 Å². The standard InChI is InChI=1S/C18H22N2O2S/c1-13-12-23-18(22)20(13)11-5-10-17(21)19-16-9-4-7-14-6-2-3-8-15(14)16/h2-3,6,8,12,16H,4-5,7,9-11H2,1H3,(H,19,21)/t16-/m0/s1. The van der Waals surface area contributed by atoms with Crippen molar-refractivity contribution in [3.05, 3.63) is 56.1 Å². The fourth-order valence-corrected chi connectivity index (χ4v) is 4.00. The molecule has 5 heteroatoms. The molecule has 0 fully saturated rings. The summed E-state index contributed by atoms with van der Waals surface area (Å²) >= 11 is 1.22. The van der Waals surface area contributed by atoms with E-state index in [1.54, 1.807) is 4.57 Å². The molecule has 1 amide bonds. The lowest BCUT2D eigenvalue weighted by Crippen LogP contribution is -2.31. The van der Waals surface area contributed by atoms with Gasteiger partial charge in [-0.05, 0) is 43.7 Å². The van der Waals surface area contributed by atoms with E-state index in [2.05, 4.69) is 23.5 Å². The molecule has 1 N–H and O–H groups in total. The Labute approximate surface area is 140 Å². The molecule has 0 bridgehead atoms. The zero-order valence-electron chi connectivity index (χ0n) is 13.4. The number of thiazole rings is 1. The Hall–Kier alpha value is -1.88. The largest absolute Gasteiger partial charge is 0.349 e. The first-order valence-electron chi connectivity index (χ1n) is 8.17. The number of nitrogens with one attached hydrogen (secondary N) is 1. The fourth-order valence-electron chi connectivity index (χ4n) is 3.24. The van der Waals surface area contributed by atoms with E-state index in [-0.39, 0.29) is 16.8 Å². The van der Waals surface area contributed by atoms with Gasteiger partial charge in [-0.15, -0.1) is 0 Å². The first kappa shape index (κ1) is 16.0. The van der Waals surface area contributed by atoms with Gasteiger partial charge in [-0.2, -0.15) is 0 Å². The molecule has 4 nitrogen and oxygen atoms in total. The monoisotopic (exact) mass is 330 g/mol.